The van der Waals surface area contributed by atoms with Crippen molar-refractivity contribution in [1.82, 2.24) is 0 Å². The van der Waals surface area contributed by atoms with Crippen LogP contribution in [-0.2, 0) is 14.3 Å². The van der Waals surface area contributed by atoms with E-state index in [1.165, 1.54) is 6.08 Å². The molecule has 0 saturated heterocycles. The van der Waals surface area contributed by atoms with Crippen LogP contribution in [0.3, 0.4) is 0 Å². The number of esters is 1. The second kappa shape index (κ2) is 3.98. The highest BCUT2D eigenvalue weighted by atomic mass is 16.5. The van der Waals surface area contributed by atoms with Crippen molar-refractivity contribution in [2.24, 2.45) is 0 Å². The average Bonchev–Trinajstić information content (AvgIpc) is 2.66. The van der Waals surface area contributed by atoms with E-state index in [1.807, 2.05) is 18.2 Å². The summed E-state index contributed by atoms with van der Waals surface area (Å²) in [5, 5.41) is 0. The Labute approximate surface area is 109 Å². The van der Waals surface area contributed by atoms with Gasteiger partial charge < -0.3 is 14.4 Å². The van der Waals surface area contributed by atoms with E-state index in [4.69, 9.17) is 9.47 Å². The summed E-state index contributed by atoms with van der Waals surface area (Å²) in [6.45, 7) is 1.56. The van der Waals surface area contributed by atoms with Gasteiger partial charge in [0, 0.05) is 13.1 Å². The van der Waals surface area contributed by atoms with E-state index in [0.717, 1.165) is 5.69 Å². The number of ketones is 1. The molecule has 2 heterocycles. The van der Waals surface area contributed by atoms with Gasteiger partial charge in [-0.05, 0) is 19.1 Å². The highest BCUT2D eigenvalue weighted by Crippen LogP contribution is 2.39. The predicted octanol–water partition coefficient (Wildman–Crippen LogP) is 1.76. The molecule has 0 unspecified atom stereocenters. The van der Waals surface area contributed by atoms with Gasteiger partial charge in [-0.25, -0.2) is 4.79 Å². The van der Waals surface area contributed by atoms with Crippen molar-refractivity contribution in [3.05, 3.63) is 47.6 Å². The van der Waals surface area contributed by atoms with Crippen molar-refractivity contribution in [2.45, 2.75) is 6.92 Å². The third-order valence-electron chi connectivity index (χ3n) is 2.99. The molecule has 0 saturated carbocycles. The molecule has 1 aromatic rings. The van der Waals surface area contributed by atoms with E-state index in [0.29, 0.717) is 5.75 Å². The second-order valence-electron chi connectivity index (χ2n) is 4.32. The number of ether oxygens (including phenoxy) is 2. The Balaban J connectivity index is 2.11. The van der Waals surface area contributed by atoms with E-state index < -0.39 is 11.8 Å². The maximum absolute atomic E-state index is 12.0. The molecule has 0 amide bonds. The topological polar surface area (TPSA) is 55.8 Å². The first-order valence-corrected chi connectivity index (χ1v) is 5.77. The molecule has 0 fully saturated rings. The van der Waals surface area contributed by atoms with Crippen molar-refractivity contribution >= 4 is 17.4 Å². The van der Waals surface area contributed by atoms with Gasteiger partial charge in [0.05, 0.1) is 5.69 Å². The molecule has 96 valence electrons. The first-order valence-electron chi connectivity index (χ1n) is 5.77. The van der Waals surface area contributed by atoms with Crippen LogP contribution in [0.5, 0.6) is 5.75 Å². The normalized spacial score (nSPS) is 21.8. The Morgan fingerprint density at radius 3 is 2.53 bits per heavy atom. The van der Waals surface area contributed by atoms with E-state index >= 15 is 0 Å². The fraction of sp³-hybridized carbons (Fsp3) is 0.143. The Bertz CT molecular complexity index is 657. The number of hydrogen-bond donors (Lipinski definition) is 0. The number of fused-ring (bicyclic) bond motifs is 1. The quantitative estimate of drug-likeness (QED) is 0.402. The van der Waals surface area contributed by atoms with Crippen LogP contribution in [0.25, 0.3) is 0 Å². The molecule has 0 radical (unpaired) electrons. The van der Waals surface area contributed by atoms with Crippen LogP contribution in [0.1, 0.15) is 6.92 Å². The first-order chi connectivity index (χ1) is 9.08. The SMILES string of the molecule is CC1=CC(=O)/C(=C2/Oc3ccccc3N2C)C(=O)O1. The van der Waals surface area contributed by atoms with Gasteiger partial charge in [0.15, 0.2) is 11.3 Å². The molecular formula is C14H11NO4. The summed E-state index contributed by atoms with van der Waals surface area (Å²) in [5.74, 6) is 0.0277. The summed E-state index contributed by atoms with van der Waals surface area (Å²) in [5.41, 5.74) is 0.723. The zero-order chi connectivity index (χ0) is 13.6. The van der Waals surface area contributed by atoms with E-state index in [1.54, 1.807) is 24.9 Å². The van der Waals surface area contributed by atoms with Crippen LogP contribution in [0.15, 0.2) is 47.6 Å². The summed E-state index contributed by atoms with van der Waals surface area (Å²) in [6.07, 6.45) is 1.28. The molecule has 0 bridgehead atoms. The number of nitrogens with zero attached hydrogens (tertiary/aromatic N) is 1. The minimum Gasteiger partial charge on any atom is -0.438 e. The van der Waals surface area contributed by atoms with Gasteiger partial charge in [0.2, 0.25) is 11.7 Å². The fourth-order valence-corrected chi connectivity index (χ4v) is 2.10. The average molecular weight is 257 g/mol. The van der Waals surface area contributed by atoms with Crippen molar-refractivity contribution in [1.29, 1.82) is 0 Å². The zero-order valence-electron chi connectivity index (χ0n) is 10.5. The smallest absolute Gasteiger partial charge is 0.352 e. The molecule has 19 heavy (non-hydrogen) atoms. The van der Waals surface area contributed by atoms with Gasteiger partial charge in [-0.15, -0.1) is 0 Å². The Morgan fingerprint density at radius 2 is 1.84 bits per heavy atom. The van der Waals surface area contributed by atoms with Crippen molar-refractivity contribution in [3.8, 4) is 5.75 Å². The molecule has 3 rings (SSSR count). The largest absolute Gasteiger partial charge is 0.438 e. The molecule has 2 aliphatic heterocycles. The minimum absolute atomic E-state index is 0.0794. The van der Waals surface area contributed by atoms with E-state index in [2.05, 4.69) is 0 Å². The molecule has 0 atom stereocenters. The van der Waals surface area contributed by atoms with Gasteiger partial charge in [-0.1, -0.05) is 12.1 Å². The number of benzene rings is 1. The third-order valence-corrected chi connectivity index (χ3v) is 2.99. The Kier molecular flexibility index (Phi) is 2.41. The molecule has 2 aliphatic rings. The number of para-hydroxylation sites is 2. The number of hydrogen-bond acceptors (Lipinski definition) is 5. The molecule has 0 N–H and O–H groups in total. The molecule has 0 spiro atoms. The molecule has 0 aromatic heterocycles. The number of cyclic esters (lactones) is 1. The molecular weight excluding hydrogens is 246 g/mol. The fourth-order valence-electron chi connectivity index (χ4n) is 2.10. The Hall–Kier alpha value is -2.56. The zero-order valence-corrected chi connectivity index (χ0v) is 10.5. The van der Waals surface area contributed by atoms with Gasteiger partial charge in [0.25, 0.3) is 0 Å². The number of carbonyl (C=O) groups is 2. The third kappa shape index (κ3) is 1.71. The lowest BCUT2D eigenvalue weighted by atomic mass is 10.1. The number of anilines is 1. The maximum Gasteiger partial charge on any atom is 0.352 e. The lowest BCUT2D eigenvalue weighted by Gasteiger charge is -2.17. The van der Waals surface area contributed by atoms with Crippen LogP contribution in [0.4, 0.5) is 5.69 Å². The summed E-state index contributed by atoms with van der Waals surface area (Å²) in [4.78, 5) is 25.5. The lowest BCUT2D eigenvalue weighted by Crippen LogP contribution is -2.27. The standard InChI is InChI=1S/C14H11NO4/c1-8-7-10(16)12(14(17)18-8)13-15(2)9-5-3-4-6-11(9)19-13/h3-7H,1-2H3/b13-12-. The van der Waals surface area contributed by atoms with Crippen LogP contribution in [-0.4, -0.2) is 18.8 Å². The number of rotatable bonds is 0. The van der Waals surface area contributed by atoms with E-state index in [9.17, 15) is 9.59 Å². The van der Waals surface area contributed by atoms with Crippen molar-refractivity contribution < 1.29 is 19.1 Å². The highest BCUT2D eigenvalue weighted by molar-refractivity contribution is 6.24. The van der Waals surface area contributed by atoms with Crippen LogP contribution < -0.4 is 9.64 Å². The number of allylic oxidation sites excluding steroid dienone is 2. The van der Waals surface area contributed by atoms with Crippen LogP contribution in [0, 0.1) is 0 Å². The maximum atomic E-state index is 12.0. The van der Waals surface area contributed by atoms with Crippen LogP contribution >= 0.6 is 0 Å². The lowest BCUT2D eigenvalue weighted by molar-refractivity contribution is -0.137. The van der Waals surface area contributed by atoms with Crippen LogP contribution in [0.2, 0.25) is 0 Å². The summed E-state index contributed by atoms with van der Waals surface area (Å²) >= 11 is 0. The monoisotopic (exact) mass is 257 g/mol. The van der Waals surface area contributed by atoms with Gasteiger partial charge in [-0.2, -0.15) is 0 Å². The highest BCUT2D eigenvalue weighted by Gasteiger charge is 2.35. The molecule has 5 heteroatoms. The molecule has 5 nitrogen and oxygen atoms in total. The first kappa shape index (κ1) is 11.5. The Morgan fingerprint density at radius 1 is 1.11 bits per heavy atom. The van der Waals surface area contributed by atoms with E-state index in [-0.39, 0.29) is 17.2 Å². The molecule has 0 aliphatic carbocycles. The van der Waals surface area contributed by atoms with Gasteiger partial charge >= 0.3 is 5.97 Å². The van der Waals surface area contributed by atoms with Crippen molar-refractivity contribution in [3.63, 3.8) is 0 Å². The summed E-state index contributed by atoms with van der Waals surface area (Å²) in [7, 11) is 1.74. The molecule has 1 aromatic carbocycles. The summed E-state index contributed by atoms with van der Waals surface area (Å²) in [6, 6.07) is 7.31. The predicted molar refractivity (Wildman–Crippen MR) is 67.4 cm³/mol. The minimum atomic E-state index is -0.681. The number of carbonyl (C=O) groups excluding carboxylic acids is 2. The van der Waals surface area contributed by atoms with Gasteiger partial charge in [0.1, 0.15) is 5.76 Å². The summed E-state index contributed by atoms with van der Waals surface area (Å²) < 4.78 is 10.6. The van der Waals surface area contributed by atoms with Gasteiger partial charge in [-0.3, -0.25) is 4.79 Å². The second-order valence-corrected chi connectivity index (χ2v) is 4.32. The van der Waals surface area contributed by atoms with Crippen molar-refractivity contribution in [2.75, 3.05) is 11.9 Å².